The van der Waals surface area contributed by atoms with E-state index in [2.05, 4.69) is 29.0 Å². The first-order valence-electron chi connectivity index (χ1n) is 7.80. The lowest BCUT2D eigenvalue weighted by atomic mass is 9.86. The molecule has 3 N–H and O–H groups in total. The van der Waals surface area contributed by atoms with Gasteiger partial charge in [0.25, 0.3) is 0 Å². The summed E-state index contributed by atoms with van der Waals surface area (Å²) in [5, 5.41) is 4.05. The third-order valence-electron chi connectivity index (χ3n) is 4.64. The van der Waals surface area contributed by atoms with Crippen molar-refractivity contribution in [1.82, 2.24) is 15.2 Å². The summed E-state index contributed by atoms with van der Waals surface area (Å²) in [6.07, 6.45) is 6.80. The molecule has 0 spiro atoms. The second-order valence-corrected chi connectivity index (χ2v) is 6.84. The molecule has 0 amide bonds. The van der Waals surface area contributed by atoms with Crippen molar-refractivity contribution in [3.63, 3.8) is 0 Å². The van der Waals surface area contributed by atoms with Gasteiger partial charge in [-0.2, -0.15) is 0 Å². The van der Waals surface area contributed by atoms with Crippen molar-refractivity contribution in [2.45, 2.75) is 51.1 Å². The molecule has 0 radical (unpaired) electrons. The van der Waals surface area contributed by atoms with E-state index in [9.17, 15) is 0 Å². The van der Waals surface area contributed by atoms with Gasteiger partial charge in [0, 0.05) is 17.3 Å². The molecule has 1 aromatic heterocycles. The van der Waals surface area contributed by atoms with Crippen LogP contribution in [0.1, 0.15) is 51.1 Å². The van der Waals surface area contributed by atoms with E-state index < -0.39 is 0 Å². The Morgan fingerprint density at radius 2 is 1.90 bits per heavy atom. The molecule has 0 aromatic carbocycles. The van der Waals surface area contributed by atoms with Crippen molar-refractivity contribution in [3.05, 3.63) is 22.8 Å². The van der Waals surface area contributed by atoms with Crippen molar-refractivity contribution >= 4 is 17.4 Å². The van der Waals surface area contributed by atoms with Gasteiger partial charge in [-0.1, -0.05) is 24.4 Å². The third kappa shape index (κ3) is 3.68. The van der Waals surface area contributed by atoms with E-state index >= 15 is 0 Å². The summed E-state index contributed by atoms with van der Waals surface area (Å²) in [7, 11) is 1.98. The number of aromatic nitrogens is 1. The number of likely N-dealkylation sites (N-methyl/N-ethyl adjacent to an activating group) is 1. The Labute approximate surface area is 133 Å². The zero-order valence-electron chi connectivity index (χ0n) is 13.3. The van der Waals surface area contributed by atoms with Gasteiger partial charge in [-0.15, -0.1) is 0 Å². The van der Waals surface area contributed by atoms with Crippen molar-refractivity contribution in [3.8, 4) is 0 Å². The Hall–Kier alpha value is -0.840. The Balaban J connectivity index is 2.31. The number of nitrogens with one attached hydrogen (secondary N) is 1. The molecule has 1 fully saturated rings. The lowest BCUT2D eigenvalue weighted by molar-refractivity contribution is 0.0866. The largest absolute Gasteiger partial charge is 0.383 e. The molecule has 1 atom stereocenters. The third-order valence-corrected chi connectivity index (χ3v) is 4.85. The first kappa shape index (κ1) is 16.5. The molecule has 118 valence electrons. The predicted molar refractivity (Wildman–Crippen MR) is 89.6 cm³/mol. The normalized spacial score (nSPS) is 19.2. The molecule has 5 heteroatoms. The topological polar surface area (TPSA) is 54.2 Å². The Kier molecular flexibility index (Phi) is 5.47. The number of anilines is 1. The minimum Gasteiger partial charge on any atom is -0.383 e. The number of pyridine rings is 1. The molecule has 21 heavy (non-hydrogen) atoms. The first-order valence-corrected chi connectivity index (χ1v) is 8.18. The van der Waals surface area contributed by atoms with Crippen LogP contribution in [0.4, 0.5) is 5.82 Å². The fourth-order valence-corrected chi connectivity index (χ4v) is 3.58. The molecular formula is C16H27ClN4. The lowest BCUT2D eigenvalue weighted by Crippen LogP contribution is -2.52. The molecule has 0 bridgehead atoms. The van der Waals surface area contributed by atoms with Gasteiger partial charge in [-0.05, 0) is 52.9 Å². The molecule has 1 aliphatic heterocycles. The minimum atomic E-state index is -0.0421. The van der Waals surface area contributed by atoms with Gasteiger partial charge >= 0.3 is 0 Å². The van der Waals surface area contributed by atoms with Crippen LogP contribution in [0.5, 0.6) is 0 Å². The number of nitrogens with two attached hydrogens (primary N) is 1. The summed E-state index contributed by atoms with van der Waals surface area (Å²) in [6.45, 7) is 6.83. The molecule has 0 saturated carbocycles. The number of halogens is 1. The summed E-state index contributed by atoms with van der Waals surface area (Å²) in [5.41, 5.74) is 7.04. The van der Waals surface area contributed by atoms with Gasteiger partial charge in [-0.25, -0.2) is 4.98 Å². The van der Waals surface area contributed by atoms with E-state index in [-0.39, 0.29) is 11.6 Å². The summed E-state index contributed by atoms with van der Waals surface area (Å²) >= 11 is 6.12. The average Bonchev–Trinajstić information content (AvgIpc) is 2.72. The van der Waals surface area contributed by atoms with Gasteiger partial charge < -0.3 is 11.1 Å². The van der Waals surface area contributed by atoms with Crippen LogP contribution in [0.3, 0.4) is 0 Å². The van der Waals surface area contributed by atoms with E-state index in [0.29, 0.717) is 10.8 Å². The predicted octanol–water partition coefficient (Wildman–Crippen LogP) is 3.23. The molecule has 0 aliphatic carbocycles. The van der Waals surface area contributed by atoms with Gasteiger partial charge in [0.2, 0.25) is 0 Å². The van der Waals surface area contributed by atoms with E-state index in [1.807, 2.05) is 13.1 Å². The van der Waals surface area contributed by atoms with Crippen LogP contribution in [-0.4, -0.2) is 35.6 Å². The van der Waals surface area contributed by atoms with Crippen LogP contribution >= 0.6 is 11.6 Å². The van der Waals surface area contributed by atoms with Gasteiger partial charge in [0.05, 0.1) is 11.1 Å². The number of likely N-dealkylation sites (tertiary alicyclic amines) is 1. The fraction of sp³-hybridized carbons (Fsp3) is 0.688. The number of nitrogen functional groups attached to an aromatic ring is 1. The lowest BCUT2D eigenvalue weighted by Gasteiger charge is -2.44. The summed E-state index contributed by atoms with van der Waals surface area (Å²) in [6, 6.07) is 2.03. The van der Waals surface area contributed by atoms with Gasteiger partial charge in [0.1, 0.15) is 5.82 Å². The van der Waals surface area contributed by atoms with Crippen molar-refractivity contribution in [2.24, 2.45) is 0 Å². The monoisotopic (exact) mass is 310 g/mol. The Bertz CT molecular complexity index is 467. The van der Waals surface area contributed by atoms with Crippen LogP contribution in [-0.2, 0) is 0 Å². The summed E-state index contributed by atoms with van der Waals surface area (Å²) < 4.78 is 0. The van der Waals surface area contributed by atoms with Crippen LogP contribution in [0.2, 0.25) is 5.02 Å². The molecule has 2 heterocycles. The number of rotatable bonds is 4. The summed E-state index contributed by atoms with van der Waals surface area (Å²) in [4.78, 5) is 6.78. The van der Waals surface area contributed by atoms with Crippen LogP contribution in [0, 0.1) is 0 Å². The Morgan fingerprint density at radius 3 is 2.48 bits per heavy atom. The number of hydrogen-bond donors (Lipinski definition) is 2. The average molecular weight is 311 g/mol. The standard InChI is InChI=1S/C16H27ClN4/c1-16(2,21-8-6-4-5-7-9-21)14(19-3)13-10-12(17)11-20-15(13)18/h10-11,14,19H,4-9H2,1-3H3,(H2,18,20). The zero-order chi connectivity index (χ0) is 15.5. The van der Waals surface area contributed by atoms with Crippen LogP contribution in [0.25, 0.3) is 0 Å². The van der Waals surface area contributed by atoms with Crippen molar-refractivity contribution in [1.29, 1.82) is 0 Å². The molecule has 1 unspecified atom stereocenters. The van der Waals surface area contributed by atoms with E-state index in [0.717, 1.165) is 18.7 Å². The van der Waals surface area contributed by atoms with Crippen molar-refractivity contribution in [2.75, 3.05) is 25.9 Å². The highest BCUT2D eigenvalue weighted by Gasteiger charge is 2.36. The summed E-state index contributed by atoms with van der Waals surface area (Å²) in [5.74, 6) is 0.557. The molecule has 1 aliphatic rings. The van der Waals surface area contributed by atoms with E-state index in [4.69, 9.17) is 17.3 Å². The van der Waals surface area contributed by atoms with Crippen LogP contribution < -0.4 is 11.1 Å². The highest BCUT2D eigenvalue weighted by molar-refractivity contribution is 6.30. The first-order chi connectivity index (χ1) is 9.96. The smallest absolute Gasteiger partial charge is 0.128 e. The highest BCUT2D eigenvalue weighted by Crippen LogP contribution is 2.35. The highest BCUT2D eigenvalue weighted by atomic mass is 35.5. The maximum Gasteiger partial charge on any atom is 0.128 e. The second-order valence-electron chi connectivity index (χ2n) is 6.40. The molecule has 1 saturated heterocycles. The van der Waals surface area contributed by atoms with Gasteiger partial charge in [0.15, 0.2) is 0 Å². The zero-order valence-corrected chi connectivity index (χ0v) is 14.1. The second kappa shape index (κ2) is 6.95. The van der Waals surface area contributed by atoms with Crippen LogP contribution in [0.15, 0.2) is 12.3 Å². The minimum absolute atomic E-state index is 0.0421. The van der Waals surface area contributed by atoms with Crippen molar-refractivity contribution < 1.29 is 0 Å². The van der Waals surface area contributed by atoms with Gasteiger partial charge in [-0.3, -0.25) is 4.90 Å². The molecule has 4 nitrogen and oxygen atoms in total. The molecule has 1 aromatic rings. The number of nitrogens with zero attached hydrogens (tertiary/aromatic N) is 2. The Morgan fingerprint density at radius 1 is 1.29 bits per heavy atom. The fourth-order valence-electron chi connectivity index (χ4n) is 3.42. The molecular weight excluding hydrogens is 284 g/mol. The quantitative estimate of drug-likeness (QED) is 0.896. The maximum absolute atomic E-state index is 6.12. The molecule has 2 rings (SSSR count). The maximum atomic E-state index is 6.12. The van der Waals surface area contributed by atoms with E-state index in [1.54, 1.807) is 6.20 Å². The number of hydrogen-bond acceptors (Lipinski definition) is 4. The van der Waals surface area contributed by atoms with E-state index in [1.165, 1.54) is 25.7 Å². The SMILES string of the molecule is CNC(c1cc(Cl)cnc1N)C(C)(C)N1CCCCCC1.